The smallest absolute Gasteiger partial charge is 0.125 e. The minimum Gasteiger partial charge on any atom is -0.380 e. The number of nitriles is 1. The van der Waals surface area contributed by atoms with Gasteiger partial charge in [-0.25, -0.2) is 4.39 Å². The van der Waals surface area contributed by atoms with Crippen molar-refractivity contribution in [3.8, 4) is 6.07 Å². The summed E-state index contributed by atoms with van der Waals surface area (Å²) in [6.07, 6.45) is 0. The molecule has 0 amide bonds. The molecule has 0 fully saturated rings. The largest absolute Gasteiger partial charge is 0.380 e. The molecule has 0 aliphatic heterocycles. The third kappa shape index (κ3) is 3.33. The van der Waals surface area contributed by atoms with Crippen LogP contribution >= 0.6 is 15.9 Å². The van der Waals surface area contributed by atoms with Gasteiger partial charge in [-0.3, -0.25) is 0 Å². The number of benzene rings is 2. The molecule has 0 atom stereocenters. The second-order valence-electron chi connectivity index (χ2n) is 4.23. The zero-order valence-corrected chi connectivity index (χ0v) is 12.0. The molecule has 0 heterocycles. The molecule has 0 unspecified atom stereocenters. The van der Waals surface area contributed by atoms with Crippen LogP contribution in [0.25, 0.3) is 0 Å². The van der Waals surface area contributed by atoms with Crippen molar-refractivity contribution in [2.24, 2.45) is 0 Å². The Balaban J connectivity index is 2.15. The van der Waals surface area contributed by atoms with E-state index in [1.807, 2.05) is 19.1 Å². The lowest BCUT2D eigenvalue weighted by molar-refractivity contribution is 0.628. The molecule has 0 radical (unpaired) electrons. The van der Waals surface area contributed by atoms with E-state index >= 15 is 0 Å². The van der Waals surface area contributed by atoms with Gasteiger partial charge in [0.2, 0.25) is 0 Å². The highest BCUT2D eigenvalue weighted by Crippen LogP contribution is 2.24. The summed E-state index contributed by atoms with van der Waals surface area (Å²) in [4.78, 5) is 0. The van der Waals surface area contributed by atoms with Crippen molar-refractivity contribution in [1.82, 2.24) is 0 Å². The molecule has 0 saturated heterocycles. The molecular weight excluding hydrogens is 307 g/mol. The van der Waals surface area contributed by atoms with E-state index in [4.69, 9.17) is 5.26 Å². The quantitative estimate of drug-likeness (QED) is 0.911. The third-order valence-electron chi connectivity index (χ3n) is 2.87. The molecule has 2 rings (SSSR count). The standard InChI is InChI=1S/C15H12BrFN2/c1-10-6-11(8-18)2-3-12(10)9-19-15-7-13(17)4-5-14(15)16/h2-7,19H,9H2,1H3. The number of halogens is 2. The summed E-state index contributed by atoms with van der Waals surface area (Å²) in [5.41, 5.74) is 3.48. The molecule has 0 aromatic heterocycles. The van der Waals surface area contributed by atoms with Crippen LogP contribution in [0.3, 0.4) is 0 Å². The molecule has 1 N–H and O–H groups in total. The van der Waals surface area contributed by atoms with Gasteiger partial charge in [0.15, 0.2) is 0 Å². The first kappa shape index (κ1) is 13.6. The van der Waals surface area contributed by atoms with E-state index in [9.17, 15) is 4.39 Å². The highest BCUT2D eigenvalue weighted by Gasteiger charge is 2.04. The van der Waals surface area contributed by atoms with Crippen molar-refractivity contribution in [1.29, 1.82) is 5.26 Å². The van der Waals surface area contributed by atoms with Gasteiger partial charge in [0, 0.05) is 11.0 Å². The zero-order valence-electron chi connectivity index (χ0n) is 10.4. The SMILES string of the molecule is Cc1cc(C#N)ccc1CNc1cc(F)ccc1Br. The minimum atomic E-state index is -0.276. The van der Waals surface area contributed by atoms with Gasteiger partial charge < -0.3 is 5.32 Å². The van der Waals surface area contributed by atoms with Crippen LogP contribution in [0.1, 0.15) is 16.7 Å². The maximum atomic E-state index is 13.2. The summed E-state index contributed by atoms with van der Waals surface area (Å²) in [6.45, 7) is 2.54. The first-order valence-electron chi connectivity index (χ1n) is 5.78. The Kier molecular flexibility index (Phi) is 4.18. The van der Waals surface area contributed by atoms with Crippen molar-refractivity contribution in [2.75, 3.05) is 5.32 Å². The molecule has 19 heavy (non-hydrogen) atoms. The molecule has 96 valence electrons. The topological polar surface area (TPSA) is 35.8 Å². The number of hydrogen-bond donors (Lipinski definition) is 1. The number of rotatable bonds is 3. The van der Waals surface area contributed by atoms with Gasteiger partial charge in [0.25, 0.3) is 0 Å². The Morgan fingerprint density at radius 3 is 2.74 bits per heavy atom. The molecule has 0 spiro atoms. The van der Waals surface area contributed by atoms with E-state index in [1.165, 1.54) is 12.1 Å². The van der Waals surface area contributed by atoms with Crippen molar-refractivity contribution in [2.45, 2.75) is 13.5 Å². The van der Waals surface area contributed by atoms with Crippen LogP contribution in [0, 0.1) is 24.1 Å². The third-order valence-corrected chi connectivity index (χ3v) is 3.56. The summed E-state index contributed by atoms with van der Waals surface area (Å²) < 4.78 is 14.0. The van der Waals surface area contributed by atoms with E-state index in [1.54, 1.807) is 12.1 Å². The maximum Gasteiger partial charge on any atom is 0.125 e. The fraction of sp³-hybridized carbons (Fsp3) is 0.133. The molecule has 4 heteroatoms. The maximum absolute atomic E-state index is 13.2. The van der Waals surface area contributed by atoms with Crippen LogP contribution < -0.4 is 5.32 Å². The Morgan fingerprint density at radius 1 is 1.26 bits per heavy atom. The van der Waals surface area contributed by atoms with Gasteiger partial charge in [0.05, 0.1) is 17.3 Å². The van der Waals surface area contributed by atoms with Gasteiger partial charge in [-0.2, -0.15) is 5.26 Å². The van der Waals surface area contributed by atoms with E-state index in [0.29, 0.717) is 17.8 Å². The molecule has 0 saturated carbocycles. The monoisotopic (exact) mass is 318 g/mol. The average molecular weight is 319 g/mol. The summed E-state index contributed by atoms with van der Waals surface area (Å²) in [5.74, 6) is -0.276. The van der Waals surface area contributed by atoms with Gasteiger partial charge in [-0.1, -0.05) is 6.07 Å². The minimum absolute atomic E-state index is 0.276. The number of aryl methyl sites for hydroxylation is 1. The zero-order chi connectivity index (χ0) is 13.8. The van der Waals surface area contributed by atoms with Gasteiger partial charge in [-0.05, 0) is 64.3 Å². The number of nitrogens with zero attached hydrogens (tertiary/aromatic N) is 1. The van der Waals surface area contributed by atoms with Crippen LogP contribution in [0.5, 0.6) is 0 Å². The Morgan fingerprint density at radius 2 is 2.05 bits per heavy atom. The second-order valence-corrected chi connectivity index (χ2v) is 5.09. The van der Waals surface area contributed by atoms with Gasteiger partial charge in [-0.15, -0.1) is 0 Å². The Bertz CT molecular complexity index is 647. The van der Waals surface area contributed by atoms with Crippen molar-refractivity contribution < 1.29 is 4.39 Å². The van der Waals surface area contributed by atoms with Crippen molar-refractivity contribution >= 4 is 21.6 Å². The first-order chi connectivity index (χ1) is 9.10. The number of nitrogens with one attached hydrogen (secondary N) is 1. The average Bonchev–Trinajstić information content (AvgIpc) is 2.40. The van der Waals surface area contributed by atoms with Gasteiger partial charge in [0.1, 0.15) is 5.82 Å². The van der Waals surface area contributed by atoms with Crippen LogP contribution in [-0.4, -0.2) is 0 Å². The summed E-state index contributed by atoms with van der Waals surface area (Å²) in [5, 5.41) is 12.0. The molecule has 0 bridgehead atoms. The Hall–Kier alpha value is -1.86. The fourth-order valence-electron chi connectivity index (χ4n) is 1.79. The highest BCUT2D eigenvalue weighted by atomic mass is 79.9. The van der Waals surface area contributed by atoms with Gasteiger partial charge >= 0.3 is 0 Å². The van der Waals surface area contributed by atoms with Crippen LogP contribution in [0.15, 0.2) is 40.9 Å². The van der Waals surface area contributed by atoms with E-state index in [-0.39, 0.29) is 5.82 Å². The molecule has 0 aliphatic rings. The predicted octanol–water partition coefficient (Wildman–Crippen LogP) is 4.38. The molecule has 2 nitrogen and oxygen atoms in total. The van der Waals surface area contributed by atoms with Crippen molar-refractivity contribution in [3.63, 3.8) is 0 Å². The lowest BCUT2D eigenvalue weighted by Gasteiger charge is -2.11. The summed E-state index contributed by atoms with van der Waals surface area (Å²) in [7, 11) is 0. The molecule has 2 aromatic carbocycles. The first-order valence-corrected chi connectivity index (χ1v) is 6.58. The normalized spacial score (nSPS) is 10.0. The van der Waals surface area contributed by atoms with Crippen LogP contribution in [0.4, 0.5) is 10.1 Å². The predicted molar refractivity (Wildman–Crippen MR) is 77.3 cm³/mol. The molecular formula is C15H12BrFN2. The van der Waals surface area contributed by atoms with Crippen molar-refractivity contribution in [3.05, 3.63) is 63.4 Å². The second kappa shape index (κ2) is 5.85. The number of anilines is 1. The molecule has 0 aliphatic carbocycles. The van der Waals surface area contributed by atoms with Crippen LogP contribution in [0.2, 0.25) is 0 Å². The highest BCUT2D eigenvalue weighted by molar-refractivity contribution is 9.10. The molecule has 2 aromatic rings. The lowest BCUT2D eigenvalue weighted by atomic mass is 10.1. The van der Waals surface area contributed by atoms with E-state index < -0.39 is 0 Å². The fourth-order valence-corrected chi connectivity index (χ4v) is 2.17. The summed E-state index contributed by atoms with van der Waals surface area (Å²) in [6, 6.07) is 12.2. The van der Waals surface area contributed by atoms with E-state index in [2.05, 4.69) is 27.3 Å². The number of hydrogen-bond acceptors (Lipinski definition) is 2. The van der Waals surface area contributed by atoms with Crippen LogP contribution in [-0.2, 0) is 6.54 Å². The summed E-state index contributed by atoms with van der Waals surface area (Å²) >= 11 is 3.37. The Labute approximate surface area is 120 Å². The lowest BCUT2D eigenvalue weighted by Crippen LogP contribution is -2.02. The van der Waals surface area contributed by atoms with E-state index in [0.717, 1.165) is 15.6 Å².